The van der Waals surface area contributed by atoms with Gasteiger partial charge in [-0.2, -0.15) is 0 Å². The van der Waals surface area contributed by atoms with Crippen LogP contribution in [0.15, 0.2) is 0 Å². The fourth-order valence-corrected chi connectivity index (χ4v) is 1.63. The molecule has 2 atom stereocenters. The van der Waals surface area contributed by atoms with Gasteiger partial charge in [0.05, 0.1) is 12.5 Å². The maximum atomic E-state index is 11.7. The first-order valence-corrected chi connectivity index (χ1v) is 6.23. The molecule has 0 fully saturated rings. The van der Waals surface area contributed by atoms with Crippen LogP contribution in [0.5, 0.6) is 0 Å². The second-order valence-corrected chi connectivity index (χ2v) is 4.64. The van der Waals surface area contributed by atoms with Gasteiger partial charge in [0.25, 0.3) is 0 Å². The van der Waals surface area contributed by atoms with E-state index in [1.54, 1.807) is 13.8 Å². The first-order valence-electron chi connectivity index (χ1n) is 6.23. The Balaban J connectivity index is 3.74. The number of carboxylic acids is 1. The van der Waals surface area contributed by atoms with Gasteiger partial charge in [0.2, 0.25) is 0 Å². The molecule has 0 aromatic carbocycles. The molecule has 104 valence electrons. The predicted molar refractivity (Wildman–Crippen MR) is 66.1 cm³/mol. The zero-order valence-electron chi connectivity index (χ0n) is 11.3. The fourth-order valence-electron chi connectivity index (χ4n) is 1.63. The van der Waals surface area contributed by atoms with Crippen LogP contribution in [0.3, 0.4) is 0 Å². The number of aliphatic carboxylic acids is 1. The summed E-state index contributed by atoms with van der Waals surface area (Å²) in [5.41, 5.74) is 0. The minimum absolute atomic E-state index is 0.0749. The van der Waals surface area contributed by atoms with Gasteiger partial charge in [0.15, 0.2) is 0 Å². The van der Waals surface area contributed by atoms with Gasteiger partial charge in [-0.05, 0) is 19.3 Å². The molecular formula is C13H22O5. The zero-order chi connectivity index (χ0) is 14.1. The van der Waals surface area contributed by atoms with Gasteiger partial charge in [-0.1, -0.05) is 13.8 Å². The third kappa shape index (κ3) is 7.81. The van der Waals surface area contributed by atoms with Crippen LogP contribution in [0.25, 0.3) is 0 Å². The summed E-state index contributed by atoms with van der Waals surface area (Å²) in [6.45, 7) is 5.05. The fraction of sp³-hybridized carbons (Fsp3) is 0.769. The molecule has 0 bridgehead atoms. The Hall–Kier alpha value is -1.39. The molecule has 0 aromatic heterocycles. The number of Topliss-reactive ketones (excluding diaryl/α,β-unsaturated/α-hetero) is 1. The highest BCUT2D eigenvalue weighted by atomic mass is 16.5. The van der Waals surface area contributed by atoms with Crippen LogP contribution >= 0.6 is 0 Å². The second-order valence-electron chi connectivity index (χ2n) is 4.64. The van der Waals surface area contributed by atoms with Gasteiger partial charge in [0.1, 0.15) is 5.78 Å². The van der Waals surface area contributed by atoms with Gasteiger partial charge >= 0.3 is 11.9 Å². The van der Waals surface area contributed by atoms with Crippen molar-refractivity contribution < 1.29 is 24.2 Å². The largest absolute Gasteiger partial charge is 0.481 e. The molecule has 0 radical (unpaired) electrons. The molecule has 18 heavy (non-hydrogen) atoms. The van der Waals surface area contributed by atoms with E-state index in [0.717, 1.165) is 0 Å². The Morgan fingerprint density at radius 2 is 1.72 bits per heavy atom. The highest BCUT2D eigenvalue weighted by molar-refractivity contribution is 5.81. The maximum absolute atomic E-state index is 11.7. The molecule has 0 saturated heterocycles. The molecule has 0 aliphatic carbocycles. The number of carbonyl (C=O) groups is 3. The molecule has 0 rings (SSSR count). The summed E-state index contributed by atoms with van der Waals surface area (Å²) in [7, 11) is 0. The summed E-state index contributed by atoms with van der Waals surface area (Å²) < 4.78 is 4.75. The van der Waals surface area contributed by atoms with E-state index >= 15 is 0 Å². The first-order chi connectivity index (χ1) is 8.34. The number of carboxylic acid groups (broad SMARTS) is 1. The van der Waals surface area contributed by atoms with Crippen molar-refractivity contribution in [1.82, 2.24) is 0 Å². The Bertz CT molecular complexity index is 298. The predicted octanol–water partition coefficient (Wildman–Crippen LogP) is 2.04. The number of ether oxygens (including phenoxy) is 1. The number of unbranched alkanes of at least 4 members (excludes halogenated alkanes) is 1. The van der Waals surface area contributed by atoms with E-state index in [1.807, 2.05) is 0 Å². The molecule has 5 heteroatoms. The topological polar surface area (TPSA) is 80.7 Å². The molecular weight excluding hydrogens is 236 g/mol. The van der Waals surface area contributed by atoms with E-state index in [1.165, 1.54) is 6.92 Å². The summed E-state index contributed by atoms with van der Waals surface area (Å²) in [6.07, 6.45) is 2.11. The number of hydrogen-bond donors (Lipinski definition) is 1. The molecule has 0 spiro atoms. The van der Waals surface area contributed by atoms with Crippen LogP contribution in [-0.4, -0.2) is 29.4 Å². The molecule has 0 amide bonds. The van der Waals surface area contributed by atoms with E-state index < -0.39 is 11.9 Å². The number of hydrogen-bond acceptors (Lipinski definition) is 4. The number of rotatable bonds is 9. The lowest BCUT2D eigenvalue weighted by Crippen LogP contribution is -2.19. The minimum Gasteiger partial charge on any atom is -0.481 e. The average Bonchev–Trinajstić information content (AvgIpc) is 2.27. The standard InChI is InChI=1S/C13H22O5/c1-9(8-10(2)13(16)17)12(15)6-4-5-7-18-11(3)14/h9-10H,4-8H2,1-3H3,(H,16,17)/t9-,10+/m0/s1. The molecule has 0 unspecified atom stereocenters. The average molecular weight is 258 g/mol. The van der Waals surface area contributed by atoms with Crippen LogP contribution in [0, 0.1) is 11.8 Å². The lowest BCUT2D eigenvalue weighted by Gasteiger charge is -2.13. The van der Waals surface area contributed by atoms with E-state index in [-0.39, 0.29) is 17.7 Å². The Morgan fingerprint density at radius 3 is 2.22 bits per heavy atom. The molecule has 5 nitrogen and oxygen atoms in total. The summed E-state index contributed by atoms with van der Waals surface area (Å²) >= 11 is 0. The molecule has 0 aromatic rings. The van der Waals surface area contributed by atoms with Crippen LogP contribution in [-0.2, 0) is 19.1 Å². The smallest absolute Gasteiger partial charge is 0.306 e. The van der Waals surface area contributed by atoms with Gasteiger partial charge in [-0.15, -0.1) is 0 Å². The van der Waals surface area contributed by atoms with Crippen LogP contribution in [0.1, 0.15) is 46.5 Å². The molecule has 0 aliphatic rings. The van der Waals surface area contributed by atoms with Crippen molar-refractivity contribution in [2.24, 2.45) is 11.8 Å². The first kappa shape index (κ1) is 16.6. The van der Waals surface area contributed by atoms with Crippen LogP contribution in [0.2, 0.25) is 0 Å². The van der Waals surface area contributed by atoms with Crippen molar-refractivity contribution in [1.29, 1.82) is 0 Å². The van der Waals surface area contributed by atoms with Crippen molar-refractivity contribution in [3.05, 3.63) is 0 Å². The Labute approximate surface area is 108 Å². The number of carbonyl (C=O) groups excluding carboxylic acids is 2. The van der Waals surface area contributed by atoms with Crippen LogP contribution in [0.4, 0.5) is 0 Å². The molecule has 0 aliphatic heterocycles. The molecule has 0 saturated carbocycles. The van der Waals surface area contributed by atoms with E-state index in [0.29, 0.717) is 32.3 Å². The second kappa shape index (κ2) is 8.66. The van der Waals surface area contributed by atoms with Crippen molar-refractivity contribution >= 4 is 17.7 Å². The molecule has 0 heterocycles. The number of ketones is 1. The summed E-state index contributed by atoms with van der Waals surface area (Å²) in [4.78, 5) is 32.8. The van der Waals surface area contributed by atoms with E-state index in [9.17, 15) is 14.4 Å². The normalized spacial score (nSPS) is 13.7. The third-order valence-corrected chi connectivity index (χ3v) is 2.80. The SMILES string of the molecule is CC(=O)OCCCCC(=O)[C@@H](C)C[C@@H](C)C(=O)O. The van der Waals surface area contributed by atoms with Gasteiger partial charge in [-0.25, -0.2) is 0 Å². The van der Waals surface area contributed by atoms with Crippen molar-refractivity contribution in [3.63, 3.8) is 0 Å². The van der Waals surface area contributed by atoms with Crippen LogP contribution < -0.4 is 0 Å². The highest BCUT2D eigenvalue weighted by Crippen LogP contribution is 2.15. The lowest BCUT2D eigenvalue weighted by atomic mass is 9.92. The van der Waals surface area contributed by atoms with Crippen molar-refractivity contribution in [2.45, 2.75) is 46.5 Å². The molecule has 1 N–H and O–H groups in total. The zero-order valence-corrected chi connectivity index (χ0v) is 11.3. The minimum atomic E-state index is -0.871. The maximum Gasteiger partial charge on any atom is 0.306 e. The van der Waals surface area contributed by atoms with E-state index in [4.69, 9.17) is 9.84 Å². The summed E-state index contributed by atoms with van der Waals surface area (Å²) in [5, 5.41) is 8.75. The monoisotopic (exact) mass is 258 g/mol. The number of esters is 1. The quantitative estimate of drug-likeness (QED) is 0.505. The Kier molecular flexibility index (Phi) is 8.00. The summed E-state index contributed by atoms with van der Waals surface area (Å²) in [6, 6.07) is 0. The highest BCUT2D eigenvalue weighted by Gasteiger charge is 2.19. The third-order valence-electron chi connectivity index (χ3n) is 2.80. The lowest BCUT2D eigenvalue weighted by molar-refractivity contribution is -0.142. The Morgan fingerprint density at radius 1 is 1.11 bits per heavy atom. The van der Waals surface area contributed by atoms with Crippen molar-refractivity contribution in [2.75, 3.05) is 6.61 Å². The van der Waals surface area contributed by atoms with Gasteiger partial charge < -0.3 is 9.84 Å². The summed E-state index contributed by atoms with van der Waals surface area (Å²) in [5.74, 6) is -1.84. The van der Waals surface area contributed by atoms with E-state index in [2.05, 4.69) is 0 Å². The van der Waals surface area contributed by atoms with Gasteiger partial charge in [-0.3, -0.25) is 14.4 Å². The van der Waals surface area contributed by atoms with Gasteiger partial charge in [0, 0.05) is 19.3 Å². The van der Waals surface area contributed by atoms with Crippen molar-refractivity contribution in [3.8, 4) is 0 Å².